The molecule has 0 aliphatic rings. The Morgan fingerprint density at radius 1 is 1.19 bits per heavy atom. The zero-order valence-corrected chi connectivity index (χ0v) is 16.7. The second-order valence-electron chi connectivity index (χ2n) is 6.28. The number of halogens is 1. The van der Waals surface area contributed by atoms with Crippen molar-refractivity contribution < 1.29 is 24.5 Å². The first-order chi connectivity index (χ1) is 12.8. The topological polar surface area (TPSA) is 95.9 Å². The molecule has 1 amide bonds. The van der Waals surface area contributed by atoms with Crippen molar-refractivity contribution in [3.8, 4) is 5.75 Å². The molecule has 0 saturated carbocycles. The Bertz CT molecular complexity index is 807. The molecule has 0 aliphatic carbocycles. The van der Waals surface area contributed by atoms with Gasteiger partial charge in [-0.05, 0) is 61.7 Å². The molecular weight excluding hydrogens is 414 g/mol. The molecule has 144 valence electrons. The summed E-state index contributed by atoms with van der Waals surface area (Å²) in [6.45, 7) is 3.23. The number of benzene rings is 2. The normalized spacial score (nSPS) is 12.9. The Hall–Kier alpha value is -2.38. The summed E-state index contributed by atoms with van der Waals surface area (Å²) in [5, 5.41) is 22.0. The number of carbonyl (C=O) groups excluding carboxylic acids is 2. The van der Waals surface area contributed by atoms with Crippen molar-refractivity contribution >= 4 is 33.5 Å². The van der Waals surface area contributed by atoms with E-state index in [1.165, 1.54) is 13.0 Å². The van der Waals surface area contributed by atoms with Crippen LogP contribution in [0.25, 0.3) is 0 Å². The van der Waals surface area contributed by atoms with Crippen LogP contribution in [0.15, 0.2) is 46.9 Å². The van der Waals surface area contributed by atoms with Crippen LogP contribution >= 0.6 is 15.9 Å². The number of hydrogen-bond donors (Lipinski definition) is 3. The predicted octanol–water partition coefficient (Wildman–Crippen LogP) is 4.67. The summed E-state index contributed by atoms with van der Waals surface area (Å²) >= 11 is 3.35. The average Bonchev–Trinajstić information content (AvgIpc) is 2.62. The maximum absolute atomic E-state index is 12.4. The Morgan fingerprint density at radius 3 is 2.44 bits per heavy atom. The fourth-order valence-electron chi connectivity index (χ4n) is 2.65. The number of rotatable bonds is 7. The lowest BCUT2D eigenvalue weighted by Gasteiger charge is -2.25. The van der Waals surface area contributed by atoms with Crippen LogP contribution in [-0.2, 0) is 4.74 Å². The maximum Gasteiger partial charge on any atom is 0.412 e. The van der Waals surface area contributed by atoms with Crippen molar-refractivity contribution in [2.45, 2.75) is 26.4 Å². The summed E-state index contributed by atoms with van der Waals surface area (Å²) in [5.74, 6) is -0.278. The highest BCUT2D eigenvalue weighted by Gasteiger charge is 2.26. The number of aliphatic hydroxyl groups is 1. The van der Waals surface area contributed by atoms with E-state index < -0.39 is 12.2 Å². The van der Waals surface area contributed by atoms with Gasteiger partial charge in [-0.25, -0.2) is 4.79 Å². The third kappa shape index (κ3) is 5.80. The van der Waals surface area contributed by atoms with Gasteiger partial charge in [-0.15, -0.1) is 0 Å². The Morgan fingerprint density at radius 2 is 1.85 bits per heavy atom. The van der Waals surface area contributed by atoms with Crippen molar-refractivity contribution in [2.24, 2.45) is 5.92 Å². The highest BCUT2D eigenvalue weighted by Crippen LogP contribution is 2.36. The molecule has 0 aromatic heterocycles. The van der Waals surface area contributed by atoms with Gasteiger partial charge in [0.25, 0.3) is 0 Å². The minimum Gasteiger partial charge on any atom is -0.508 e. The highest BCUT2D eigenvalue weighted by molar-refractivity contribution is 9.10. The van der Waals surface area contributed by atoms with Gasteiger partial charge in [-0.1, -0.05) is 22.9 Å². The summed E-state index contributed by atoms with van der Waals surface area (Å²) in [5.41, 5.74) is 1.48. The second-order valence-corrected chi connectivity index (χ2v) is 7.19. The Balaban J connectivity index is 2.17. The third-order valence-electron chi connectivity index (χ3n) is 4.17. The number of ketones is 1. The number of aromatic hydroxyl groups is 1. The Kier molecular flexibility index (Phi) is 7.38. The van der Waals surface area contributed by atoms with Gasteiger partial charge in [0.1, 0.15) is 11.9 Å². The SMILES string of the molecule is CC(=O)c1ccc(NC(=O)O[C@@H](c2cc(Br)ccc2O)[C@H](C)CCO)cc1. The van der Waals surface area contributed by atoms with E-state index in [4.69, 9.17) is 4.74 Å². The highest BCUT2D eigenvalue weighted by atomic mass is 79.9. The molecule has 0 radical (unpaired) electrons. The van der Waals surface area contributed by atoms with Crippen molar-refractivity contribution in [3.63, 3.8) is 0 Å². The first-order valence-electron chi connectivity index (χ1n) is 8.49. The lowest BCUT2D eigenvalue weighted by Crippen LogP contribution is -2.22. The van der Waals surface area contributed by atoms with Crippen LogP contribution < -0.4 is 5.32 Å². The number of amides is 1. The number of aliphatic hydroxyl groups excluding tert-OH is 1. The van der Waals surface area contributed by atoms with Crippen molar-refractivity contribution in [3.05, 3.63) is 58.1 Å². The number of anilines is 1. The first kappa shape index (κ1) is 20.9. The molecule has 6 nitrogen and oxygen atoms in total. The Labute approximate surface area is 166 Å². The van der Waals surface area contributed by atoms with Gasteiger partial charge >= 0.3 is 6.09 Å². The first-order valence-corrected chi connectivity index (χ1v) is 9.29. The molecule has 2 rings (SSSR count). The molecular formula is C20H22BrNO5. The summed E-state index contributed by atoms with van der Waals surface area (Å²) in [6.07, 6.45) is -1.04. The summed E-state index contributed by atoms with van der Waals surface area (Å²) in [4.78, 5) is 23.7. The quantitative estimate of drug-likeness (QED) is 0.549. The molecule has 0 spiro atoms. The molecule has 2 aromatic rings. The van der Waals surface area contributed by atoms with Gasteiger partial charge in [0.05, 0.1) is 0 Å². The fourth-order valence-corrected chi connectivity index (χ4v) is 3.02. The van der Waals surface area contributed by atoms with Crippen LogP contribution in [0.3, 0.4) is 0 Å². The smallest absolute Gasteiger partial charge is 0.412 e. The van der Waals surface area contributed by atoms with E-state index in [0.29, 0.717) is 23.2 Å². The lowest BCUT2D eigenvalue weighted by molar-refractivity contribution is 0.0652. The standard InChI is InChI=1S/C20H22BrNO5/c1-12(9-10-23)19(17-11-15(21)5-8-18(17)25)27-20(26)22-16-6-3-14(4-7-16)13(2)24/h3-8,11-12,19,23,25H,9-10H2,1-2H3,(H,22,26)/t12-,19-/m1/s1. The molecule has 27 heavy (non-hydrogen) atoms. The summed E-state index contributed by atoms with van der Waals surface area (Å²) in [7, 11) is 0. The maximum atomic E-state index is 12.4. The third-order valence-corrected chi connectivity index (χ3v) is 4.66. The molecule has 0 bridgehead atoms. The number of Topliss-reactive ketones (excluding diaryl/α,β-unsaturated/α-hetero) is 1. The van der Waals surface area contributed by atoms with E-state index >= 15 is 0 Å². The van der Waals surface area contributed by atoms with E-state index in [1.807, 2.05) is 6.92 Å². The van der Waals surface area contributed by atoms with Crippen molar-refractivity contribution in [1.29, 1.82) is 0 Å². The van der Waals surface area contributed by atoms with Gasteiger partial charge in [0.15, 0.2) is 5.78 Å². The second kappa shape index (κ2) is 9.53. The van der Waals surface area contributed by atoms with Crippen molar-refractivity contribution in [2.75, 3.05) is 11.9 Å². The van der Waals surface area contributed by atoms with E-state index in [9.17, 15) is 19.8 Å². The number of phenols is 1. The van der Waals surface area contributed by atoms with Crippen molar-refractivity contribution in [1.82, 2.24) is 0 Å². The lowest BCUT2D eigenvalue weighted by atomic mass is 9.94. The molecule has 2 aromatic carbocycles. The largest absolute Gasteiger partial charge is 0.508 e. The van der Waals surface area contributed by atoms with Gasteiger partial charge in [0.2, 0.25) is 0 Å². The van der Waals surface area contributed by atoms with Crippen LogP contribution in [0.2, 0.25) is 0 Å². The number of nitrogens with one attached hydrogen (secondary N) is 1. The number of hydrogen-bond acceptors (Lipinski definition) is 5. The van der Waals surface area contributed by atoms with Gasteiger partial charge < -0.3 is 14.9 Å². The van der Waals surface area contributed by atoms with Gasteiger partial charge in [0, 0.05) is 27.9 Å². The predicted molar refractivity (Wildman–Crippen MR) is 106 cm³/mol. The van der Waals surface area contributed by atoms with Gasteiger partial charge in [-0.2, -0.15) is 0 Å². The average molecular weight is 436 g/mol. The zero-order valence-electron chi connectivity index (χ0n) is 15.1. The van der Waals surface area contributed by atoms with E-state index in [2.05, 4.69) is 21.2 Å². The monoisotopic (exact) mass is 435 g/mol. The molecule has 3 N–H and O–H groups in total. The number of ether oxygens (including phenoxy) is 1. The van der Waals surface area contributed by atoms with Crippen LogP contribution in [0, 0.1) is 5.92 Å². The number of carbonyl (C=O) groups is 2. The van der Waals surface area contributed by atoms with E-state index in [0.717, 1.165) is 4.47 Å². The van der Waals surface area contributed by atoms with Gasteiger partial charge in [-0.3, -0.25) is 10.1 Å². The van der Waals surface area contributed by atoms with Crippen LogP contribution in [-0.4, -0.2) is 28.7 Å². The molecule has 0 heterocycles. The molecule has 0 saturated heterocycles. The van der Waals surface area contributed by atoms with Crippen LogP contribution in [0.5, 0.6) is 5.75 Å². The summed E-state index contributed by atoms with van der Waals surface area (Å²) in [6, 6.07) is 11.3. The van der Waals surface area contributed by atoms with E-state index in [1.54, 1.807) is 36.4 Å². The molecule has 0 aliphatic heterocycles. The minimum absolute atomic E-state index is 0.00611. The minimum atomic E-state index is -0.744. The molecule has 0 unspecified atom stereocenters. The zero-order chi connectivity index (χ0) is 20.0. The van der Waals surface area contributed by atoms with E-state index in [-0.39, 0.29) is 24.1 Å². The molecule has 0 fully saturated rings. The summed E-state index contributed by atoms with van der Waals surface area (Å²) < 4.78 is 6.30. The number of phenolic OH excluding ortho intramolecular Hbond substituents is 1. The molecule has 7 heteroatoms. The molecule has 2 atom stereocenters. The van der Waals surface area contributed by atoms with Crippen LogP contribution in [0.1, 0.15) is 42.3 Å². The fraction of sp³-hybridized carbons (Fsp3) is 0.300. The van der Waals surface area contributed by atoms with Crippen LogP contribution in [0.4, 0.5) is 10.5 Å².